The molecule has 0 aliphatic heterocycles. The fraction of sp³-hybridized carbons (Fsp3) is 0.600. The first-order valence-electron chi connectivity index (χ1n) is 4.67. The molecule has 0 atom stereocenters. The Kier molecular flexibility index (Phi) is 12.7. The lowest BCUT2D eigenvalue weighted by atomic mass is 10.5. The summed E-state index contributed by atoms with van der Waals surface area (Å²) >= 11 is 0. The summed E-state index contributed by atoms with van der Waals surface area (Å²) in [4.78, 5) is 20.3. The van der Waals surface area contributed by atoms with Crippen LogP contribution in [0.4, 0.5) is 0 Å². The predicted octanol–water partition coefficient (Wildman–Crippen LogP) is 0.841. The molecule has 0 aromatic carbocycles. The van der Waals surface area contributed by atoms with Crippen LogP contribution < -0.4 is 10.6 Å². The summed E-state index contributed by atoms with van der Waals surface area (Å²) in [6.07, 6.45) is 4.18. The zero-order chi connectivity index (χ0) is 11.4. The van der Waals surface area contributed by atoms with Crippen molar-refractivity contribution in [1.82, 2.24) is 10.6 Å². The third-order valence-electron chi connectivity index (χ3n) is 1.19. The molecule has 0 unspecified atom stereocenters. The van der Waals surface area contributed by atoms with E-state index >= 15 is 0 Å². The Labute approximate surface area is 85.8 Å². The number of allylic oxidation sites excluding steroid dienone is 1. The molecule has 0 aromatic heterocycles. The van der Waals surface area contributed by atoms with Gasteiger partial charge >= 0.3 is 0 Å². The van der Waals surface area contributed by atoms with Gasteiger partial charge in [0, 0.05) is 20.5 Å². The summed E-state index contributed by atoms with van der Waals surface area (Å²) in [5, 5.41) is 5.10. The van der Waals surface area contributed by atoms with Crippen LogP contribution in [0.3, 0.4) is 0 Å². The van der Waals surface area contributed by atoms with Gasteiger partial charge in [-0.2, -0.15) is 0 Å². The second-order valence-electron chi connectivity index (χ2n) is 2.60. The Balaban J connectivity index is 0. The molecule has 0 aliphatic rings. The van der Waals surface area contributed by atoms with Crippen molar-refractivity contribution in [3.05, 3.63) is 12.2 Å². The number of carbonyl (C=O) groups excluding carboxylic acids is 2. The summed E-state index contributed by atoms with van der Waals surface area (Å²) in [5.74, 6) is 0.00403. The highest BCUT2D eigenvalue weighted by Crippen LogP contribution is 1.67. The summed E-state index contributed by atoms with van der Waals surface area (Å²) in [5.41, 5.74) is 0. The topological polar surface area (TPSA) is 58.2 Å². The maximum absolute atomic E-state index is 10.2. The third-order valence-corrected chi connectivity index (χ3v) is 1.19. The molecule has 0 heterocycles. The van der Waals surface area contributed by atoms with E-state index in [9.17, 15) is 9.59 Å². The average molecular weight is 200 g/mol. The average Bonchev–Trinajstić information content (AvgIpc) is 2.16. The minimum Gasteiger partial charge on any atom is -0.356 e. The van der Waals surface area contributed by atoms with Crippen molar-refractivity contribution in [3.63, 3.8) is 0 Å². The van der Waals surface area contributed by atoms with Crippen molar-refractivity contribution >= 4 is 11.8 Å². The molecule has 0 aliphatic carbocycles. The molecule has 0 bridgehead atoms. The van der Waals surface area contributed by atoms with Crippen molar-refractivity contribution in [2.75, 3.05) is 13.6 Å². The number of hydrogen-bond donors (Lipinski definition) is 2. The molecule has 14 heavy (non-hydrogen) atoms. The first-order valence-corrected chi connectivity index (χ1v) is 4.67. The van der Waals surface area contributed by atoms with E-state index in [4.69, 9.17) is 0 Å². The van der Waals surface area contributed by atoms with Gasteiger partial charge in [-0.25, -0.2) is 0 Å². The van der Waals surface area contributed by atoms with Gasteiger partial charge in [0.05, 0.1) is 0 Å². The standard InChI is InChI=1S/C5H9NO.C5H11NO/c1-3-4-5(7)6-2;1-3-4-6-5(2)7/h3-4H,1-2H3,(H,6,7);3-4H2,1-2H3,(H,6,7)/b4-3+;. The third kappa shape index (κ3) is 17.0. The molecule has 82 valence electrons. The Hall–Kier alpha value is -1.32. The highest BCUT2D eigenvalue weighted by molar-refractivity contribution is 5.86. The van der Waals surface area contributed by atoms with Gasteiger partial charge < -0.3 is 10.6 Å². The number of hydrogen-bond acceptors (Lipinski definition) is 2. The van der Waals surface area contributed by atoms with Crippen LogP contribution in [-0.2, 0) is 9.59 Å². The molecule has 0 aromatic rings. The Morgan fingerprint density at radius 2 is 1.93 bits per heavy atom. The van der Waals surface area contributed by atoms with Crippen molar-refractivity contribution in [1.29, 1.82) is 0 Å². The highest BCUT2D eigenvalue weighted by atomic mass is 16.2. The van der Waals surface area contributed by atoms with Crippen molar-refractivity contribution in [2.24, 2.45) is 0 Å². The molecular formula is C10H20N2O2. The number of likely N-dealkylation sites (N-methyl/N-ethyl adjacent to an activating group) is 1. The van der Waals surface area contributed by atoms with Gasteiger partial charge in [0.15, 0.2) is 0 Å². The highest BCUT2D eigenvalue weighted by Gasteiger charge is 1.83. The second-order valence-corrected chi connectivity index (χ2v) is 2.60. The largest absolute Gasteiger partial charge is 0.356 e. The van der Waals surface area contributed by atoms with Gasteiger partial charge in [-0.3, -0.25) is 9.59 Å². The zero-order valence-corrected chi connectivity index (χ0v) is 9.39. The molecule has 4 heteroatoms. The summed E-state index contributed by atoms with van der Waals surface area (Å²) in [6.45, 7) is 6.15. The Morgan fingerprint density at radius 3 is 2.07 bits per heavy atom. The van der Waals surface area contributed by atoms with Crippen LogP contribution in [0.5, 0.6) is 0 Å². The van der Waals surface area contributed by atoms with E-state index in [-0.39, 0.29) is 11.8 Å². The number of nitrogens with one attached hydrogen (secondary N) is 2. The molecule has 0 spiro atoms. The van der Waals surface area contributed by atoms with E-state index in [1.165, 1.54) is 13.0 Å². The first-order chi connectivity index (χ1) is 6.58. The monoisotopic (exact) mass is 200 g/mol. The SMILES string of the molecule is C/C=C/C(=O)NC.CCCNC(C)=O. The van der Waals surface area contributed by atoms with Gasteiger partial charge in [-0.05, 0) is 19.4 Å². The fourth-order valence-electron chi connectivity index (χ4n) is 0.536. The fourth-order valence-corrected chi connectivity index (χ4v) is 0.536. The molecule has 4 nitrogen and oxygen atoms in total. The summed E-state index contributed by atoms with van der Waals surface area (Å²) in [7, 11) is 1.60. The van der Waals surface area contributed by atoms with Gasteiger partial charge in [-0.1, -0.05) is 13.0 Å². The van der Waals surface area contributed by atoms with Crippen LogP contribution in [0.15, 0.2) is 12.2 Å². The second kappa shape index (κ2) is 11.7. The van der Waals surface area contributed by atoms with Gasteiger partial charge in [-0.15, -0.1) is 0 Å². The molecule has 2 N–H and O–H groups in total. The lowest BCUT2D eigenvalue weighted by Crippen LogP contribution is -2.19. The van der Waals surface area contributed by atoms with E-state index in [0.717, 1.165) is 13.0 Å². The van der Waals surface area contributed by atoms with Gasteiger partial charge in [0.2, 0.25) is 11.8 Å². The number of carbonyl (C=O) groups is 2. The zero-order valence-electron chi connectivity index (χ0n) is 9.39. The molecule has 2 amide bonds. The quantitative estimate of drug-likeness (QED) is 0.663. The molecule has 0 saturated carbocycles. The van der Waals surface area contributed by atoms with Crippen LogP contribution in [0.25, 0.3) is 0 Å². The normalized spacial score (nSPS) is 8.86. The van der Waals surface area contributed by atoms with Crippen molar-refractivity contribution < 1.29 is 9.59 Å². The van der Waals surface area contributed by atoms with Crippen LogP contribution >= 0.6 is 0 Å². The predicted molar refractivity (Wildman–Crippen MR) is 57.9 cm³/mol. The van der Waals surface area contributed by atoms with Crippen molar-refractivity contribution in [3.8, 4) is 0 Å². The number of amides is 2. The first kappa shape index (κ1) is 15.2. The minimum absolute atomic E-state index is 0.0532. The van der Waals surface area contributed by atoms with Crippen molar-refractivity contribution in [2.45, 2.75) is 27.2 Å². The summed E-state index contributed by atoms with van der Waals surface area (Å²) < 4.78 is 0. The summed E-state index contributed by atoms with van der Waals surface area (Å²) in [6, 6.07) is 0. The van der Waals surface area contributed by atoms with E-state index in [2.05, 4.69) is 10.6 Å². The van der Waals surface area contributed by atoms with Crippen LogP contribution in [0.2, 0.25) is 0 Å². The lowest BCUT2D eigenvalue weighted by molar-refractivity contribution is -0.119. The maximum Gasteiger partial charge on any atom is 0.243 e. The minimum atomic E-state index is -0.0532. The molecule has 0 radical (unpaired) electrons. The van der Waals surface area contributed by atoms with E-state index in [0.29, 0.717) is 0 Å². The van der Waals surface area contributed by atoms with E-state index in [1.807, 2.05) is 6.92 Å². The molecule has 0 rings (SSSR count). The van der Waals surface area contributed by atoms with E-state index in [1.54, 1.807) is 20.0 Å². The van der Waals surface area contributed by atoms with Crippen LogP contribution in [0.1, 0.15) is 27.2 Å². The van der Waals surface area contributed by atoms with Gasteiger partial charge in [0.1, 0.15) is 0 Å². The maximum atomic E-state index is 10.2. The smallest absolute Gasteiger partial charge is 0.243 e. The van der Waals surface area contributed by atoms with Gasteiger partial charge in [0.25, 0.3) is 0 Å². The van der Waals surface area contributed by atoms with E-state index < -0.39 is 0 Å². The van der Waals surface area contributed by atoms with Crippen LogP contribution in [0, 0.1) is 0 Å². The lowest BCUT2D eigenvalue weighted by Gasteiger charge is -1.93. The molecular weight excluding hydrogens is 180 g/mol. The van der Waals surface area contributed by atoms with Crippen LogP contribution in [-0.4, -0.2) is 25.4 Å². The molecule has 0 fully saturated rings. The number of rotatable bonds is 3. The molecule has 0 saturated heterocycles. The Bertz CT molecular complexity index is 189. The Morgan fingerprint density at radius 1 is 1.36 bits per heavy atom.